The Labute approximate surface area is 230 Å². The van der Waals surface area contributed by atoms with Gasteiger partial charge in [-0.05, 0) is 71.0 Å². The number of aliphatic hydroxyl groups excluding tert-OH is 2. The Morgan fingerprint density at radius 3 is 2.54 bits per heavy atom. The van der Waals surface area contributed by atoms with Crippen LogP contribution in [0.5, 0.6) is 17.2 Å². The zero-order valence-electron chi connectivity index (χ0n) is 21.1. The highest BCUT2D eigenvalue weighted by atomic mass is 127. The van der Waals surface area contributed by atoms with Crippen LogP contribution in [0.3, 0.4) is 0 Å². The summed E-state index contributed by atoms with van der Waals surface area (Å²) >= 11 is 2.14. The first-order valence-electron chi connectivity index (χ1n) is 12.0. The molecule has 200 valence electrons. The molecule has 2 amide bonds. The minimum absolute atomic E-state index is 0.0948. The molecular weight excluding hydrogens is 591 g/mol. The maximum Gasteiger partial charge on any atom is 0.247 e. The lowest BCUT2D eigenvalue weighted by Crippen LogP contribution is -2.55. The number of hydrogen-bond acceptors (Lipinski definition) is 7. The van der Waals surface area contributed by atoms with Gasteiger partial charge in [0.05, 0.1) is 30.4 Å². The van der Waals surface area contributed by atoms with Crippen LogP contribution in [0, 0.1) is 3.57 Å². The number of aliphatic hydroxyl groups is 2. The monoisotopic (exact) mass is 624 g/mol. The molecule has 0 radical (unpaired) electrons. The van der Waals surface area contributed by atoms with Crippen molar-refractivity contribution in [1.29, 1.82) is 0 Å². The summed E-state index contributed by atoms with van der Waals surface area (Å²) in [6.07, 6.45) is 0.236. The highest BCUT2D eigenvalue weighted by Gasteiger charge is 2.39. The SMILES string of the molecule is COc1ccc(OC)c(CCN(C(C)=O)[C@@H]2CC(C(=O)NCCO)=C[C@H](Oc3ccccc3I)[C@H]2O)c1. The van der Waals surface area contributed by atoms with E-state index in [1.807, 2.05) is 24.3 Å². The zero-order chi connectivity index (χ0) is 26.9. The van der Waals surface area contributed by atoms with Crippen molar-refractivity contribution in [1.82, 2.24) is 10.2 Å². The van der Waals surface area contributed by atoms with Gasteiger partial charge in [-0.15, -0.1) is 0 Å². The Balaban J connectivity index is 1.90. The first-order chi connectivity index (χ1) is 17.8. The van der Waals surface area contributed by atoms with E-state index >= 15 is 0 Å². The lowest BCUT2D eigenvalue weighted by molar-refractivity contribution is -0.136. The minimum atomic E-state index is -1.08. The molecule has 0 saturated carbocycles. The van der Waals surface area contributed by atoms with Crippen LogP contribution in [0.2, 0.25) is 0 Å². The number of carbonyl (C=O) groups excluding carboxylic acids is 2. The predicted octanol–water partition coefficient (Wildman–Crippen LogP) is 2.32. The number of halogens is 1. The molecule has 1 aliphatic carbocycles. The maximum absolute atomic E-state index is 12.8. The summed E-state index contributed by atoms with van der Waals surface area (Å²) < 4.78 is 17.8. The molecule has 3 atom stereocenters. The minimum Gasteiger partial charge on any atom is -0.497 e. The third-order valence-corrected chi connectivity index (χ3v) is 7.12. The van der Waals surface area contributed by atoms with Crippen molar-refractivity contribution >= 4 is 34.4 Å². The van der Waals surface area contributed by atoms with Crippen molar-refractivity contribution in [3.8, 4) is 17.2 Å². The van der Waals surface area contributed by atoms with Crippen LogP contribution in [0.15, 0.2) is 54.1 Å². The highest BCUT2D eigenvalue weighted by molar-refractivity contribution is 14.1. The zero-order valence-corrected chi connectivity index (χ0v) is 23.3. The van der Waals surface area contributed by atoms with E-state index in [2.05, 4.69) is 27.9 Å². The second kappa shape index (κ2) is 13.6. The van der Waals surface area contributed by atoms with Crippen LogP contribution in [0.4, 0.5) is 0 Å². The van der Waals surface area contributed by atoms with Crippen LogP contribution in [0.1, 0.15) is 18.9 Å². The molecule has 2 aromatic rings. The second-order valence-corrected chi connectivity index (χ2v) is 9.75. The van der Waals surface area contributed by atoms with Crippen molar-refractivity contribution in [2.24, 2.45) is 0 Å². The number of carbonyl (C=O) groups is 2. The molecule has 3 rings (SSSR count). The summed E-state index contributed by atoms with van der Waals surface area (Å²) in [6.45, 7) is 1.61. The second-order valence-electron chi connectivity index (χ2n) is 8.59. The summed E-state index contributed by atoms with van der Waals surface area (Å²) in [4.78, 5) is 27.2. The number of ether oxygens (including phenoxy) is 3. The molecule has 9 nitrogen and oxygen atoms in total. The molecule has 0 fully saturated rings. The van der Waals surface area contributed by atoms with Gasteiger partial charge in [-0.2, -0.15) is 0 Å². The number of hydrogen-bond donors (Lipinski definition) is 3. The molecule has 0 spiro atoms. The van der Waals surface area contributed by atoms with Gasteiger partial charge < -0.3 is 34.6 Å². The topological polar surface area (TPSA) is 118 Å². The van der Waals surface area contributed by atoms with Crippen molar-refractivity contribution in [3.63, 3.8) is 0 Å². The third-order valence-electron chi connectivity index (χ3n) is 6.23. The average molecular weight is 624 g/mol. The fourth-order valence-electron chi connectivity index (χ4n) is 4.34. The van der Waals surface area contributed by atoms with Gasteiger partial charge in [-0.1, -0.05) is 12.1 Å². The van der Waals surface area contributed by atoms with Crippen LogP contribution in [-0.2, 0) is 16.0 Å². The Morgan fingerprint density at radius 2 is 1.89 bits per heavy atom. The number of para-hydroxylation sites is 1. The lowest BCUT2D eigenvalue weighted by atomic mass is 9.88. The Bertz CT molecular complexity index is 1120. The number of nitrogens with one attached hydrogen (secondary N) is 1. The van der Waals surface area contributed by atoms with Gasteiger partial charge in [0, 0.05) is 32.0 Å². The fraction of sp³-hybridized carbons (Fsp3) is 0.407. The van der Waals surface area contributed by atoms with Gasteiger partial charge in [-0.25, -0.2) is 0 Å². The molecule has 0 heterocycles. The van der Waals surface area contributed by atoms with E-state index in [4.69, 9.17) is 19.3 Å². The molecule has 3 N–H and O–H groups in total. The molecular formula is C27H33IN2O7. The summed E-state index contributed by atoms with van der Waals surface area (Å²) in [6, 6.07) is 12.1. The molecule has 0 saturated heterocycles. The van der Waals surface area contributed by atoms with E-state index in [1.165, 1.54) is 6.92 Å². The van der Waals surface area contributed by atoms with Gasteiger partial charge in [0.25, 0.3) is 0 Å². The van der Waals surface area contributed by atoms with E-state index in [0.29, 0.717) is 29.2 Å². The first-order valence-corrected chi connectivity index (χ1v) is 13.0. The van der Waals surface area contributed by atoms with Crippen molar-refractivity contribution in [2.75, 3.05) is 33.9 Å². The van der Waals surface area contributed by atoms with Crippen LogP contribution >= 0.6 is 22.6 Å². The van der Waals surface area contributed by atoms with Crippen molar-refractivity contribution < 1.29 is 34.0 Å². The van der Waals surface area contributed by atoms with E-state index in [1.54, 1.807) is 43.4 Å². The molecule has 0 aromatic heterocycles. The number of methoxy groups -OCH3 is 2. The fourth-order valence-corrected chi connectivity index (χ4v) is 4.86. The molecule has 37 heavy (non-hydrogen) atoms. The Kier molecular flexibility index (Phi) is 10.6. The van der Waals surface area contributed by atoms with Crippen LogP contribution < -0.4 is 19.5 Å². The predicted molar refractivity (Wildman–Crippen MR) is 147 cm³/mol. The van der Waals surface area contributed by atoms with Gasteiger partial charge in [0.1, 0.15) is 29.5 Å². The number of nitrogens with zero attached hydrogens (tertiary/aromatic N) is 1. The molecule has 0 unspecified atom stereocenters. The van der Waals surface area contributed by atoms with Crippen molar-refractivity contribution in [2.45, 2.75) is 38.0 Å². The molecule has 10 heteroatoms. The van der Waals surface area contributed by atoms with E-state index in [9.17, 15) is 14.7 Å². The van der Waals surface area contributed by atoms with Crippen LogP contribution in [0.25, 0.3) is 0 Å². The molecule has 0 bridgehead atoms. The number of amides is 2. The van der Waals surface area contributed by atoms with Gasteiger partial charge in [0.15, 0.2) is 0 Å². The number of rotatable bonds is 11. The van der Waals surface area contributed by atoms with Crippen molar-refractivity contribution in [3.05, 3.63) is 63.2 Å². The summed E-state index contributed by atoms with van der Waals surface area (Å²) in [5, 5.41) is 23.2. The normalized spacial score (nSPS) is 19.0. The molecule has 1 aliphatic rings. The van der Waals surface area contributed by atoms with E-state index in [0.717, 1.165) is 9.13 Å². The van der Waals surface area contributed by atoms with E-state index in [-0.39, 0.29) is 37.9 Å². The number of benzene rings is 2. The van der Waals surface area contributed by atoms with Gasteiger partial charge >= 0.3 is 0 Å². The average Bonchev–Trinajstić information content (AvgIpc) is 2.90. The maximum atomic E-state index is 12.8. The Morgan fingerprint density at radius 1 is 1.14 bits per heavy atom. The van der Waals surface area contributed by atoms with Gasteiger partial charge in [0.2, 0.25) is 11.8 Å². The lowest BCUT2D eigenvalue weighted by Gasteiger charge is -2.40. The quantitative estimate of drug-likeness (QED) is 0.329. The summed E-state index contributed by atoms with van der Waals surface area (Å²) in [5.41, 5.74) is 1.23. The highest BCUT2D eigenvalue weighted by Crippen LogP contribution is 2.31. The van der Waals surface area contributed by atoms with E-state index < -0.39 is 18.2 Å². The smallest absolute Gasteiger partial charge is 0.247 e. The largest absolute Gasteiger partial charge is 0.497 e. The standard InChI is InChI=1S/C27H33IN2O7/c1-17(32)30(12-10-18-14-20(35-2)8-9-23(18)36-3)22-15-19(27(34)29-11-13-31)16-25(26(22)33)37-24-7-5-4-6-21(24)28/h4-9,14,16,22,25-26,31,33H,10-13,15H2,1-3H3,(H,29,34)/t22-,25+,26+/m1/s1. The van der Waals surface area contributed by atoms with Gasteiger partial charge in [-0.3, -0.25) is 9.59 Å². The Hall–Kier alpha value is -2.83. The van der Waals surface area contributed by atoms with Crippen LogP contribution in [-0.4, -0.2) is 79.1 Å². The molecule has 0 aliphatic heterocycles. The third kappa shape index (κ3) is 7.36. The first kappa shape index (κ1) is 28.7. The summed E-state index contributed by atoms with van der Waals surface area (Å²) in [7, 11) is 3.16. The summed E-state index contributed by atoms with van der Waals surface area (Å²) in [5.74, 6) is 1.28. The molecule has 2 aromatic carbocycles.